The van der Waals surface area contributed by atoms with Crippen molar-refractivity contribution in [2.24, 2.45) is 5.92 Å². The van der Waals surface area contributed by atoms with Crippen LogP contribution in [0.2, 0.25) is 0 Å². The molecule has 0 saturated carbocycles. The van der Waals surface area contributed by atoms with E-state index >= 15 is 0 Å². The Hall–Kier alpha value is -3.59. The lowest BCUT2D eigenvalue weighted by atomic mass is 10.0. The molecule has 0 radical (unpaired) electrons. The number of ether oxygens (including phenoxy) is 2. The number of furan rings is 1. The lowest BCUT2D eigenvalue weighted by Gasteiger charge is -2.27. The maximum Gasteiger partial charge on any atom is 0.289 e. The standard InChI is InChI=1S/C27H34N4O5/c1-18(2)11-15-31-22-12-14-30(17-21(22)25(29-31)26(32)28-13-16-34-3)27(33)24-10-9-23(36-24)19-5-7-20(35-4)8-6-19/h5-10,18H,11-17H2,1-4H3,(H,28,32). The van der Waals surface area contributed by atoms with Gasteiger partial charge in [-0.3, -0.25) is 14.3 Å². The SMILES string of the molecule is COCCNC(=O)c1nn(CCC(C)C)c2c1CN(C(=O)c1ccc(-c3ccc(OC)cc3)o1)CC2. The third-order valence-electron chi connectivity index (χ3n) is 6.34. The van der Waals surface area contributed by atoms with Crippen LogP contribution in [0.5, 0.6) is 5.75 Å². The molecule has 0 spiro atoms. The van der Waals surface area contributed by atoms with Crippen molar-refractivity contribution in [3.05, 3.63) is 59.1 Å². The molecule has 0 unspecified atom stereocenters. The Morgan fingerprint density at radius 2 is 1.92 bits per heavy atom. The molecule has 1 aliphatic rings. The minimum Gasteiger partial charge on any atom is -0.497 e. The molecule has 36 heavy (non-hydrogen) atoms. The molecule has 1 aromatic carbocycles. The van der Waals surface area contributed by atoms with Crippen molar-refractivity contribution in [1.29, 1.82) is 0 Å². The van der Waals surface area contributed by atoms with E-state index in [0.717, 1.165) is 35.5 Å². The lowest BCUT2D eigenvalue weighted by molar-refractivity contribution is 0.0699. The highest BCUT2D eigenvalue weighted by Gasteiger charge is 2.31. The number of fused-ring (bicyclic) bond motifs is 1. The first-order valence-electron chi connectivity index (χ1n) is 12.3. The molecule has 2 amide bonds. The quantitative estimate of drug-likeness (QED) is 0.431. The summed E-state index contributed by atoms with van der Waals surface area (Å²) in [5.41, 5.74) is 3.06. The molecule has 0 saturated heterocycles. The van der Waals surface area contributed by atoms with Gasteiger partial charge in [0.05, 0.1) is 20.3 Å². The predicted molar refractivity (Wildman–Crippen MR) is 135 cm³/mol. The van der Waals surface area contributed by atoms with Crippen LogP contribution in [0.15, 0.2) is 40.8 Å². The molecule has 1 N–H and O–H groups in total. The van der Waals surface area contributed by atoms with E-state index in [9.17, 15) is 9.59 Å². The highest BCUT2D eigenvalue weighted by Crippen LogP contribution is 2.28. The van der Waals surface area contributed by atoms with E-state index in [4.69, 9.17) is 13.9 Å². The Bertz CT molecular complexity index is 1200. The van der Waals surface area contributed by atoms with Crippen molar-refractivity contribution in [3.8, 4) is 17.1 Å². The fourth-order valence-corrected chi connectivity index (χ4v) is 4.28. The number of hydrogen-bond acceptors (Lipinski definition) is 6. The predicted octanol–water partition coefficient (Wildman–Crippen LogP) is 3.77. The van der Waals surface area contributed by atoms with Crippen molar-refractivity contribution in [1.82, 2.24) is 20.0 Å². The summed E-state index contributed by atoms with van der Waals surface area (Å²) < 4.78 is 18.1. The summed E-state index contributed by atoms with van der Waals surface area (Å²) in [4.78, 5) is 28.0. The van der Waals surface area contributed by atoms with Gasteiger partial charge in [-0.05, 0) is 48.7 Å². The van der Waals surface area contributed by atoms with Gasteiger partial charge in [0.25, 0.3) is 11.8 Å². The second-order valence-electron chi connectivity index (χ2n) is 9.30. The van der Waals surface area contributed by atoms with Crippen molar-refractivity contribution in [2.45, 2.75) is 39.8 Å². The molecule has 4 rings (SSSR count). The van der Waals surface area contributed by atoms with E-state index in [-0.39, 0.29) is 17.6 Å². The van der Waals surface area contributed by atoms with Gasteiger partial charge in [-0.1, -0.05) is 13.8 Å². The van der Waals surface area contributed by atoms with Crippen LogP contribution in [0.1, 0.15) is 52.6 Å². The largest absolute Gasteiger partial charge is 0.497 e. The highest BCUT2D eigenvalue weighted by atomic mass is 16.5. The Labute approximate surface area is 211 Å². The minimum atomic E-state index is -0.249. The number of nitrogens with zero attached hydrogens (tertiary/aromatic N) is 3. The number of aromatic nitrogens is 2. The third kappa shape index (κ3) is 5.62. The zero-order valence-electron chi connectivity index (χ0n) is 21.4. The number of amides is 2. The van der Waals surface area contributed by atoms with Crippen LogP contribution in [0.3, 0.4) is 0 Å². The average Bonchev–Trinajstić information content (AvgIpc) is 3.52. The molecule has 0 aliphatic carbocycles. The molecule has 9 heteroatoms. The first-order chi connectivity index (χ1) is 17.4. The number of benzene rings is 1. The van der Waals surface area contributed by atoms with Gasteiger partial charge in [0.1, 0.15) is 11.5 Å². The maximum absolute atomic E-state index is 13.3. The van der Waals surface area contributed by atoms with Gasteiger partial charge in [-0.15, -0.1) is 0 Å². The number of carbonyl (C=O) groups excluding carboxylic acids is 2. The highest BCUT2D eigenvalue weighted by molar-refractivity contribution is 5.95. The summed E-state index contributed by atoms with van der Waals surface area (Å²) in [6, 6.07) is 11.0. The van der Waals surface area contributed by atoms with Crippen LogP contribution in [-0.4, -0.2) is 60.4 Å². The average molecular weight is 495 g/mol. The van der Waals surface area contributed by atoms with Crippen LogP contribution in [0.25, 0.3) is 11.3 Å². The zero-order valence-corrected chi connectivity index (χ0v) is 21.4. The second kappa shape index (κ2) is 11.4. The topological polar surface area (TPSA) is 98.8 Å². The van der Waals surface area contributed by atoms with Gasteiger partial charge in [0.2, 0.25) is 0 Å². The Morgan fingerprint density at radius 3 is 2.61 bits per heavy atom. The van der Waals surface area contributed by atoms with Gasteiger partial charge in [0.15, 0.2) is 11.5 Å². The number of rotatable bonds is 10. The van der Waals surface area contributed by atoms with Gasteiger partial charge < -0.3 is 24.1 Å². The van der Waals surface area contributed by atoms with E-state index in [2.05, 4.69) is 24.3 Å². The zero-order chi connectivity index (χ0) is 25.7. The van der Waals surface area contributed by atoms with Crippen molar-refractivity contribution < 1.29 is 23.5 Å². The van der Waals surface area contributed by atoms with Gasteiger partial charge in [-0.2, -0.15) is 5.10 Å². The minimum absolute atomic E-state index is 0.207. The molecule has 1 aliphatic heterocycles. The van der Waals surface area contributed by atoms with Gasteiger partial charge in [-0.25, -0.2) is 0 Å². The molecule has 3 aromatic rings. The number of methoxy groups -OCH3 is 2. The molecule has 0 bridgehead atoms. The third-order valence-corrected chi connectivity index (χ3v) is 6.34. The smallest absolute Gasteiger partial charge is 0.289 e. The number of aryl methyl sites for hydroxylation is 1. The molecule has 0 atom stereocenters. The monoisotopic (exact) mass is 494 g/mol. The van der Waals surface area contributed by atoms with Crippen LogP contribution in [0, 0.1) is 5.92 Å². The van der Waals surface area contributed by atoms with Crippen LogP contribution in [-0.2, 0) is 24.2 Å². The van der Waals surface area contributed by atoms with E-state index in [0.29, 0.717) is 50.0 Å². The van der Waals surface area contributed by atoms with E-state index in [1.165, 1.54) is 0 Å². The maximum atomic E-state index is 13.3. The van der Waals surface area contributed by atoms with E-state index in [1.54, 1.807) is 31.3 Å². The molecular weight excluding hydrogens is 460 g/mol. The Balaban J connectivity index is 1.54. The van der Waals surface area contributed by atoms with Crippen molar-refractivity contribution in [2.75, 3.05) is 33.9 Å². The van der Waals surface area contributed by atoms with Crippen LogP contribution in [0.4, 0.5) is 0 Å². The number of hydrogen-bond donors (Lipinski definition) is 1. The molecule has 2 aromatic heterocycles. The van der Waals surface area contributed by atoms with Gasteiger partial charge >= 0.3 is 0 Å². The molecule has 9 nitrogen and oxygen atoms in total. The summed E-state index contributed by atoms with van der Waals surface area (Å²) in [5.74, 6) is 1.69. The summed E-state index contributed by atoms with van der Waals surface area (Å²) in [6.45, 7) is 6.72. The molecule has 0 fully saturated rings. The fourth-order valence-electron chi connectivity index (χ4n) is 4.28. The summed E-state index contributed by atoms with van der Waals surface area (Å²) in [6.07, 6.45) is 1.59. The molecule has 192 valence electrons. The number of nitrogens with one attached hydrogen (secondary N) is 1. The van der Waals surface area contributed by atoms with Gasteiger partial charge in [0, 0.05) is 50.0 Å². The molecular formula is C27H34N4O5. The summed E-state index contributed by atoms with van der Waals surface area (Å²) >= 11 is 0. The fraction of sp³-hybridized carbons (Fsp3) is 0.444. The second-order valence-corrected chi connectivity index (χ2v) is 9.30. The van der Waals surface area contributed by atoms with Crippen LogP contribution < -0.4 is 10.1 Å². The van der Waals surface area contributed by atoms with Crippen molar-refractivity contribution in [3.63, 3.8) is 0 Å². The van der Waals surface area contributed by atoms with Crippen LogP contribution >= 0.6 is 0 Å². The Kier molecular flexibility index (Phi) is 8.10. The van der Waals surface area contributed by atoms with E-state index < -0.39 is 0 Å². The normalized spacial score (nSPS) is 13.1. The van der Waals surface area contributed by atoms with Crippen molar-refractivity contribution >= 4 is 11.8 Å². The molecule has 3 heterocycles. The first kappa shape index (κ1) is 25.5. The number of carbonyl (C=O) groups is 2. The summed E-state index contributed by atoms with van der Waals surface area (Å²) in [5, 5.41) is 7.52. The lowest BCUT2D eigenvalue weighted by Crippen LogP contribution is -2.37. The first-order valence-corrected chi connectivity index (χ1v) is 12.3. The summed E-state index contributed by atoms with van der Waals surface area (Å²) in [7, 11) is 3.21. The van der Waals surface area contributed by atoms with E-state index in [1.807, 2.05) is 28.9 Å². The Morgan fingerprint density at radius 1 is 1.14 bits per heavy atom.